The molecule has 2 N–H and O–H groups in total. The molecule has 0 spiro atoms. The van der Waals surface area contributed by atoms with Crippen molar-refractivity contribution in [2.45, 2.75) is 13.8 Å². The minimum atomic E-state index is -0.833. The Bertz CT molecular complexity index is 42.5. The van der Waals surface area contributed by atoms with E-state index in [2.05, 4.69) is 0 Å². The van der Waals surface area contributed by atoms with E-state index in [9.17, 15) is 0 Å². The van der Waals surface area contributed by atoms with Crippen LogP contribution in [0, 0.1) is 0 Å². The van der Waals surface area contributed by atoms with Crippen LogP contribution in [0.4, 0.5) is 0 Å². The summed E-state index contributed by atoms with van der Waals surface area (Å²) in [7, 11) is 0. The molecule has 8 heavy (non-hydrogen) atoms. The Morgan fingerprint density at radius 2 is 1.62 bits per heavy atom. The van der Waals surface area contributed by atoms with Gasteiger partial charge in [0.05, 0.1) is 0 Å². The molecule has 0 atom stereocenters. The first-order valence-corrected chi connectivity index (χ1v) is 1.95. The minimum absolute atomic E-state index is 0. The Kier molecular flexibility index (Phi) is 30.8. The summed E-state index contributed by atoms with van der Waals surface area (Å²) in [5.41, 5.74) is 0. The van der Waals surface area contributed by atoms with Crippen LogP contribution in [0.3, 0.4) is 0 Å². The summed E-state index contributed by atoms with van der Waals surface area (Å²) < 4.78 is 0. The molecule has 0 aliphatic rings. The second-order valence-corrected chi connectivity index (χ2v) is 0.835. The summed E-state index contributed by atoms with van der Waals surface area (Å²) in [4.78, 5) is 9.00. The molecule has 0 aromatic heterocycles. The maximum atomic E-state index is 9.00. The number of aliphatic carboxylic acids is 1. The van der Waals surface area contributed by atoms with E-state index >= 15 is 0 Å². The molecule has 0 amide bonds. The van der Waals surface area contributed by atoms with Crippen molar-refractivity contribution in [3.05, 3.63) is 0 Å². The molecule has 0 aromatic carbocycles. The van der Waals surface area contributed by atoms with Crippen LogP contribution in [0.1, 0.15) is 13.8 Å². The summed E-state index contributed by atoms with van der Waals surface area (Å²) in [6, 6.07) is 0. The molecule has 52 valence electrons. The number of hydrogen-bond donors (Lipinski definition) is 2. The van der Waals surface area contributed by atoms with Gasteiger partial charge in [0.15, 0.2) is 0 Å². The van der Waals surface area contributed by atoms with Gasteiger partial charge in [-0.1, -0.05) is 0 Å². The molecule has 0 bridgehead atoms. The van der Waals surface area contributed by atoms with E-state index in [1.807, 2.05) is 0 Å². The molecule has 0 unspecified atom stereocenters. The van der Waals surface area contributed by atoms with E-state index in [4.69, 9.17) is 15.0 Å². The number of carboxylic acids is 1. The van der Waals surface area contributed by atoms with Gasteiger partial charge in [0.1, 0.15) is 0 Å². The van der Waals surface area contributed by atoms with Gasteiger partial charge in [-0.3, -0.25) is 4.79 Å². The molecule has 0 saturated carbocycles. The van der Waals surface area contributed by atoms with Gasteiger partial charge >= 0.3 is 26.2 Å². The quantitative estimate of drug-likeness (QED) is 0.558. The zero-order valence-corrected chi connectivity index (χ0v) is 10.7. The van der Waals surface area contributed by atoms with Crippen LogP contribution in [0.25, 0.3) is 0 Å². The average Bonchev–Trinajstić information content (AvgIpc) is 1.33. The number of carboxylic acid groups (broad SMARTS) is 1. The van der Waals surface area contributed by atoms with Gasteiger partial charge in [-0.15, -0.1) is 0 Å². The monoisotopic (exact) mass is 318 g/mol. The second-order valence-electron chi connectivity index (χ2n) is 0.835. The summed E-state index contributed by atoms with van der Waals surface area (Å²) in [6.07, 6.45) is 0. The Labute approximate surface area is 67.8 Å². The van der Waals surface area contributed by atoms with Crippen LogP contribution in [0.5, 0.6) is 0 Å². The van der Waals surface area contributed by atoms with Crippen LogP contribution in [-0.2, 0) is 4.79 Å². The molecular weight excluding hydrogens is 305 g/mol. The molecule has 3 nitrogen and oxygen atoms in total. The summed E-state index contributed by atoms with van der Waals surface area (Å²) >= 11 is 0. The van der Waals surface area contributed by atoms with Crippen molar-refractivity contribution in [3.63, 3.8) is 0 Å². The Balaban J connectivity index is -0.0000000575. The van der Waals surface area contributed by atoms with Crippen molar-refractivity contribution in [3.8, 4) is 0 Å². The van der Waals surface area contributed by atoms with Gasteiger partial charge in [-0.25, -0.2) is 0 Å². The van der Waals surface area contributed by atoms with Crippen molar-refractivity contribution >= 4 is 32.2 Å². The summed E-state index contributed by atoms with van der Waals surface area (Å²) in [5, 5.41) is 15.0. The van der Waals surface area contributed by atoms with Crippen LogP contribution in [0.2, 0.25) is 0 Å². The number of rotatable bonds is 0. The Morgan fingerprint density at radius 1 is 1.62 bits per heavy atom. The Morgan fingerprint density at radius 3 is 1.62 bits per heavy atom. The molecule has 0 saturated heterocycles. The predicted molar refractivity (Wildman–Crippen MR) is 36.0 cm³/mol. The number of carbonyl (C=O) groups is 1. The molecule has 0 aliphatic heterocycles. The normalized spacial score (nSPS) is 5.38. The molecule has 0 fully saturated rings. The standard InChI is InChI=1S/C2H4O2.C2H6O.Bi.3H/c1-2(3)4;1-2-3;;;;/h1H3,(H,3,4);3H,2H2,1H3;;;;. The molecular formula is C4H13BiO3. The molecule has 0 aliphatic carbocycles. The van der Waals surface area contributed by atoms with Gasteiger partial charge in [0.2, 0.25) is 0 Å². The van der Waals surface area contributed by atoms with E-state index < -0.39 is 5.97 Å². The molecule has 0 radical (unpaired) electrons. The van der Waals surface area contributed by atoms with Crippen LogP contribution >= 0.6 is 0 Å². The fourth-order valence-electron chi connectivity index (χ4n) is 0. The van der Waals surface area contributed by atoms with Crippen molar-refractivity contribution < 1.29 is 15.0 Å². The van der Waals surface area contributed by atoms with Crippen LogP contribution in [0.15, 0.2) is 0 Å². The van der Waals surface area contributed by atoms with E-state index in [0.29, 0.717) is 0 Å². The fraction of sp³-hybridized carbons (Fsp3) is 0.750. The van der Waals surface area contributed by atoms with Crippen LogP contribution < -0.4 is 0 Å². The number of aliphatic hydroxyl groups is 1. The topological polar surface area (TPSA) is 57.5 Å². The second kappa shape index (κ2) is 15.7. The van der Waals surface area contributed by atoms with E-state index in [1.165, 1.54) is 0 Å². The zero-order valence-electron chi connectivity index (χ0n) is 5.22. The van der Waals surface area contributed by atoms with E-state index in [0.717, 1.165) is 6.92 Å². The van der Waals surface area contributed by atoms with Crippen molar-refractivity contribution in [1.29, 1.82) is 0 Å². The summed E-state index contributed by atoms with van der Waals surface area (Å²) in [6.45, 7) is 3.01. The summed E-state index contributed by atoms with van der Waals surface area (Å²) in [5.74, 6) is -0.833. The van der Waals surface area contributed by atoms with Gasteiger partial charge in [0, 0.05) is 13.5 Å². The Hall–Kier alpha value is 0.313. The van der Waals surface area contributed by atoms with E-state index in [1.54, 1.807) is 6.92 Å². The third-order valence-electron chi connectivity index (χ3n) is 0. The molecule has 4 heteroatoms. The van der Waals surface area contributed by atoms with Gasteiger partial charge < -0.3 is 10.2 Å². The first-order valence-electron chi connectivity index (χ1n) is 1.95. The fourth-order valence-corrected chi connectivity index (χ4v) is 0. The third kappa shape index (κ3) is 1820. The molecule has 0 heterocycles. The number of hydrogen-bond acceptors (Lipinski definition) is 2. The van der Waals surface area contributed by atoms with Crippen molar-refractivity contribution in [1.82, 2.24) is 0 Å². The van der Waals surface area contributed by atoms with Crippen molar-refractivity contribution in [2.75, 3.05) is 6.61 Å². The maximum absolute atomic E-state index is 9.00. The third-order valence-corrected chi connectivity index (χ3v) is 0. The van der Waals surface area contributed by atoms with Gasteiger partial charge in [-0.2, -0.15) is 0 Å². The van der Waals surface area contributed by atoms with Crippen LogP contribution in [-0.4, -0.2) is 49.0 Å². The molecule has 0 rings (SSSR count). The predicted octanol–water partition coefficient (Wildman–Crippen LogP) is -1.09. The first-order chi connectivity index (χ1) is 3.15. The van der Waals surface area contributed by atoms with Gasteiger partial charge in [-0.05, 0) is 6.92 Å². The SMILES string of the molecule is CC(=O)O.CCO.[BiH3]. The van der Waals surface area contributed by atoms with Gasteiger partial charge in [0.25, 0.3) is 5.97 Å². The molecule has 0 aromatic rings. The average molecular weight is 318 g/mol. The van der Waals surface area contributed by atoms with E-state index in [-0.39, 0.29) is 32.8 Å². The first kappa shape index (κ1) is 15.7. The number of aliphatic hydroxyl groups excluding tert-OH is 1. The van der Waals surface area contributed by atoms with Crippen molar-refractivity contribution in [2.24, 2.45) is 0 Å². The zero-order chi connectivity index (χ0) is 6.28.